The number of benzene rings is 2. The Bertz CT molecular complexity index is 1280. The highest BCUT2D eigenvalue weighted by Crippen LogP contribution is 2.25. The Morgan fingerprint density at radius 1 is 1.10 bits per heavy atom. The lowest BCUT2D eigenvalue weighted by Gasteiger charge is -2.16. The fourth-order valence-corrected chi connectivity index (χ4v) is 5.32. The van der Waals surface area contributed by atoms with E-state index in [-0.39, 0.29) is 17.0 Å². The molecule has 2 N–H and O–H groups in total. The molecule has 30 heavy (non-hydrogen) atoms. The lowest BCUT2D eigenvalue weighted by Crippen LogP contribution is -2.28. The summed E-state index contributed by atoms with van der Waals surface area (Å²) in [7, 11) is -3.65. The number of sulfonamides is 1. The topological polar surface area (TPSA) is 99.3 Å². The lowest BCUT2D eigenvalue weighted by atomic mass is 10.1. The summed E-state index contributed by atoms with van der Waals surface area (Å²) in [6, 6.07) is 12.7. The van der Waals surface area contributed by atoms with Crippen LogP contribution in [0.4, 0.5) is 0 Å². The van der Waals surface area contributed by atoms with Gasteiger partial charge in [-0.1, -0.05) is 29.8 Å². The van der Waals surface area contributed by atoms with Gasteiger partial charge in [-0.2, -0.15) is 4.31 Å². The Hall–Kier alpha value is -2.68. The number of fused-ring (bicyclic) bond motifs is 1. The van der Waals surface area contributed by atoms with Crippen LogP contribution in [0.15, 0.2) is 58.2 Å². The van der Waals surface area contributed by atoms with Gasteiger partial charge < -0.3 is 10.3 Å². The van der Waals surface area contributed by atoms with Gasteiger partial charge in [0.05, 0.1) is 10.5 Å². The summed E-state index contributed by atoms with van der Waals surface area (Å²) in [5.74, 6) is -0.484. The molecule has 3 aromatic rings. The minimum atomic E-state index is -3.65. The van der Waals surface area contributed by atoms with Crippen molar-refractivity contribution in [3.05, 3.63) is 75.0 Å². The van der Waals surface area contributed by atoms with E-state index in [1.54, 1.807) is 18.2 Å². The number of nitrogens with zero attached hydrogens (tertiary/aromatic N) is 1. The molecule has 9 heteroatoms. The Balaban J connectivity index is 1.70. The lowest BCUT2D eigenvalue weighted by molar-refractivity contribution is 0.0952. The molecule has 0 spiro atoms. The van der Waals surface area contributed by atoms with E-state index < -0.39 is 21.5 Å². The van der Waals surface area contributed by atoms with E-state index in [4.69, 9.17) is 11.6 Å². The van der Waals surface area contributed by atoms with Crippen molar-refractivity contribution in [2.24, 2.45) is 0 Å². The second-order valence-electron chi connectivity index (χ2n) is 7.14. The van der Waals surface area contributed by atoms with E-state index in [9.17, 15) is 18.0 Å². The van der Waals surface area contributed by atoms with Crippen molar-refractivity contribution in [2.75, 3.05) is 13.1 Å². The number of H-pyrrole nitrogens is 1. The van der Waals surface area contributed by atoms with Crippen molar-refractivity contribution in [1.82, 2.24) is 14.6 Å². The molecule has 0 saturated carbocycles. The van der Waals surface area contributed by atoms with Crippen LogP contribution in [0.1, 0.15) is 28.8 Å². The first-order chi connectivity index (χ1) is 14.4. The van der Waals surface area contributed by atoms with Crippen molar-refractivity contribution in [2.45, 2.75) is 24.3 Å². The Kier molecular flexibility index (Phi) is 5.64. The maximum Gasteiger partial charge on any atom is 0.252 e. The summed E-state index contributed by atoms with van der Waals surface area (Å²) in [5.41, 5.74) is 0.796. The molecule has 1 aliphatic heterocycles. The predicted octanol–water partition coefficient (Wildman–Crippen LogP) is 2.90. The number of aromatic nitrogens is 1. The van der Waals surface area contributed by atoms with Gasteiger partial charge in [0, 0.05) is 41.6 Å². The average Bonchev–Trinajstić information content (AvgIpc) is 3.28. The van der Waals surface area contributed by atoms with Gasteiger partial charge in [0.2, 0.25) is 15.6 Å². The van der Waals surface area contributed by atoms with Gasteiger partial charge in [-0.25, -0.2) is 8.42 Å². The molecule has 7 nitrogen and oxygen atoms in total. The first kappa shape index (κ1) is 20.6. The van der Waals surface area contributed by atoms with Gasteiger partial charge in [-0.15, -0.1) is 0 Å². The van der Waals surface area contributed by atoms with Crippen LogP contribution in [-0.4, -0.2) is 36.7 Å². The van der Waals surface area contributed by atoms with Crippen molar-refractivity contribution in [1.29, 1.82) is 0 Å². The quantitative estimate of drug-likeness (QED) is 0.630. The number of carbonyl (C=O) groups is 1. The fraction of sp³-hybridized carbons (Fsp3) is 0.238. The molecule has 0 bridgehead atoms. The third-order valence-electron chi connectivity index (χ3n) is 5.16. The van der Waals surface area contributed by atoms with E-state index >= 15 is 0 Å². The molecule has 2 aromatic carbocycles. The number of carbonyl (C=O) groups excluding carboxylic acids is 1. The molecule has 0 aliphatic carbocycles. The Labute approximate surface area is 178 Å². The van der Waals surface area contributed by atoms with Crippen LogP contribution < -0.4 is 10.9 Å². The highest BCUT2D eigenvalue weighted by Gasteiger charge is 2.27. The highest BCUT2D eigenvalue weighted by molar-refractivity contribution is 7.89. The minimum absolute atomic E-state index is 0.101. The van der Waals surface area contributed by atoms with Crippen LogP contribution in [-0.2, 0) is 16.6 Å². The zero-order valence-electron chi connectivity index (χ0n) is 16.0. The number of halogens is 1. The van der Waals surface area contributed by atoms with Crippen molar-refractivity contribution in [3.8, 4) is 0 Å². The summed E-state index contributed by atoms with van der Waals surface area (Å²) in [5, 5.41) is 3.64. The summed E-state index contributed by atoms with van der Waals surface area (Å²) >= 11 is 6.13. The van der Waals surface area contributed by atoms with Gasteiger partial charge >= 0.3 is 0 Å². The first-order valence-corrected chi connectivity index (χ1v) is 11.4. The maximum atomic E-state index is 12.9. The average molecular weight is 446 g/mol. The first-order valence-electron chi connectivity index (χ1n) is 9.55. The number of hydrogen-bond donors (Lipinski definition) is 2. The van der Waals surface area contributed by atoms with Gasteiger partial charge in [-0.05, 0) is 42.7 Å². The largest absolute Gasteiger partial charge is 0.348 e. The number of nitrogens with one attached hydrogen (secondary N) is 2. The molecule has 1 amide bonds. The van der Waals surface area contributed by atoms with Crippen molar-refractivity contribution < 1.29 is 13.2 Å². The summed E-state index contributed by atoms with van der Waals surface area (Å²) in [6.07, 6.45) is 1.66. The molecule has 1 aromatic heterocycles. The number of aromatic amines is 1. The number of rotatable bonds is 5. The summed E-state index contributed by atoms with van der Waals surface area (Å²) < 4.78 is 27.3. The van der Waals surface area contributed by atoms with Crippen LogP contribution in [0.2, 0.25) is 5.02 Å². The van der Waals surface area contributed by atoms with E-state index in [1.165, 1.54) is 28.6 Å². The maximum absolute atomic E-state index is 12.9. The zero-order chi connectivity index (χ0) is 21.3. The molecule has 0 unspecified atom stereocenters. The molecule has 1 saturated heterocycles. The van der Waals surface area contributed by atoms with Crippen molar-refractivity contribution >= 4 is 38.4 Å². The van der Waals surface area contributed by atoms with E-state index in [0.717, 1.165) is 18.4 Å². The third kappa shape index (κ3) is 3.98. The van der Waals surface area contributed by atoms with E-state index in [2.05, 4.69) is 10.3 Å². The summed E-state index contributed by atoms with van der Waals surface area (Å²) in [6.45, 7) is 1.15. The predicted molar refractivity (Wildman–Crippen MR) is 115 cm³/mol. The van der Waals surface area contributed by atoms with Crippen LogP contribution in [0, 0.1) is 0 Å². The molecule has 2 heterocycles. The SMILES string of the molecule is O=C(NCc1ccccc1Cl)c1cc(=O)[nH]c2ccc(S(=O)(=O)N3CCCC3)cc12. The van der Waals surface area contributed by atoms with Crippen LogP contribution in [0.5, 0.6) is 0 Å². The molecule has 1 fully saturated rings. The van der Waals surface area contributed by atoms with Crippen molar-refractivity contribution in [3.63, 3.8) is 0 Å². The normalized spacial score (nSPS) is 14.8. The molecule has 4 rings (SSSR count). The monoisotopic (exact) mass is 445 g/mol. The van der Waals surface area contributed by atoms with E-state index in [0.29, 0.717) is 29.0 Å². The molecular formula is C21H20ClN3O4S. The number of hydrogen-bond acceptors (Lipinski definition) is 4. The van der Waals surface area contributed by atoms with Gasteiger partial charge in [-0.3, -0.25) is 9.59 Å². The molecule has 1 aliphatic rings. The molecular weight excluding hydrogens is 426 g/mol. The molecule has 156 valence electrons. The van der Waals surface area contributed by atoms with Gasteiger partial charge in [0.25, 0.3) is 5.91 Å². The van der Waals surface area contributed by atoms with Gasteiger partial charge in [0.15, 0.2) is 0 Å². The number of amides is 1. The molecule has 0 radical (unpaired) electrons. The second-order valence-corrected chi connectivity index (χ2v) is 9.49. The van der Waals surface area contributed by atoms with Crippen LogP contribution in [0.3, 0.4) is 0 Å². The van der Waals surface area contributed by atoms with E-state index in [1.807, 2.05) is 6.07 Å². The molecule has 0 atom stereocenters. The fourth-order valence-electron chi connectivity index (χ4n) is 3.57. The minimum Gasteiger partial charge on any atom is -0.348 e. The number of pyridine rings is 1. The standard InChI is InChI=1S/C21H20ClN3O4S/c22-18-6-2-1-5-14(18)13-23-21(27)17-12-20(26)24-19-8-7-15(11-16(17)19)30(28,29)25-9-3-4-10-25/h1-2,5-8,11-12H,3-4,9-10,13H2,(H,23,27)(H,24,26). The highest BCUT2D eigenvalue weighted by atomic mass is 35.5. The second kappa shape index (κ2) is 8.22. The third-order valence-corrected chi connectivity index (χ3v) is 7.42. The van der Waals surface area contributed by atoms with Gasteiger partial charge in [0.1, 0.15) is 0 Å². The smallest absolute Gasteiger partial charge is 0.252 e. The zero-order valence-corrected chi connectivity index (χ0v) is 17.6. The van der Waals surface area contributed by atoms with Crippen LogP contribution in [0.25, 0.3) is 10.9 Å². The Morgan fingerprint density at radius 3 is 2.57 bits per heavy atom. The Morgan fingerprint density at radius 2 is 1.83 bits per heavy atom. The van der Waals surface area contributed by atoms with Crippen LogP contribution >= 0.6 is 11.6 Å². The summed E-state index contributed by atoms with van der Waals surface area (Å²) in [4.78, 5) is 27.6.